The Bertz CT molecular complexity index is 1270. The van der Waals surface area contributed by atoms with Gasteiger partial charge in [-0.15, -0.1) is 0 Å². The number of hydrogen-bond acceptors (Lipinski definition) is 6. The number of benzene rings is 1. The number of hydrogen-bond donors (Lipinski definition) is 5. The number of aromatic amines is 1. The van der Waals surface area contributed by atoms with Crippen molar-refractivity contribution < 1.29 is 18.4 Å². The second-order valence-electron chi connectivity index (χ2n) is 9.23. The zero-order chi connectivity index (χ0) is 25.2. The van der Waals surface area contributed by atoms with Gasteiger partial charge in [-0.25, -0.2) is 13.8 Å². The van der Waals surface area contributed by atoms with Gasteiger partial charge in [0.2, 0.25) is 11.8 Å². The molecule has 9 nitrogen and oxygen atoms in total. The van der Waals surface area contributed by atoms with E-state index in [4.69, 9.17) is 0 Å². The van der Waals surface area contributed by atoms with Crippen molar-refractivity contribution in [2.45, 2.75) is 57.2 Å². The molecule has 1 aromatic carbocycles. The Hall–Kier alpha value is -4.02. The topological polar surface area (TPSA) is 124 Å². The first kappa shape index (κ1) is 23.7. The van der Waals surface area contributed by atoms with E-state index in [-0.39, 0.29) is 36.0 Å². The van der Waals surface area contributed by atoms with E-state index in [9.17, 15) is 14.0 Å². The molecule has 0 unspecified atom stereocenters. The number of anilines is 3. The normalized spacial score (nSPS) is 18.0. The lowest BCUT2D eigenvalue weighted by Gasteiger charge is -2.20. The third kappa shape index (κ3) is 5.45. The molecule has 5 N–H and O–H groups in total. The molecule has 1 aliphatic heterocycles. The Labute approximate surface area is 206 Å². The highest BCUT2D eigenvalue weighted by molar-refractivity contribution is 5.90. The monoisotopic (exact) mass is 495 g/mol. The lowest BCUT2D eigenvalue weighted by atomic mass is 10.1. The molecule has 0 bridgehead atoms. The maximum Gasteiger partial charge on any atom is 0.242 e. The van der Waals surface area contributed by atoms with Crippen LogP contribution in [0.4, 0.5) is 26.2 Å². The number of rotatable bonds is 9. The minimum absolute atomic E-state index is 0.00209. The van der Waals surface area contributed by atoms with Gasteiger partial charge in [-0.2, -0.15) is 5.10 Å². The lowest BCUT2D eigenvalue weighted by Crippen LogP contribution is -2.41. The molecule has 2 fully saturated rings. The SMILES string of the molecule is C[C@H](Nc1nc(Nc2cc(C3CC3)[nH]n2)c(F)cc1CNC(=O)[C@@H]1CCC(=O)N1)c1ccc(F)cc1. The number of carbonyl (C=O) groups is 2. The molecule has 2 aliphatic rings. The van der Waals surface area contributed by atoms with Gasteiger partial charge in [0, 0.05) is 42.2 Å². The van der Waals surface area contributed by atoms with Gasteiger partial charge in [0.1, 0.15) is 17.7 Å². The fraction of sp³-hybridized carbons (Fsp3) is 0.360. The van der Waals surface area contributed by atoms with Crippen molar-refractivity contribution in [1.82, 2.24) is 25.8 Å². The number of H-pyrrole nitrogens is 1. The summed E-state index contributed by atoms with van der Waals surface area (Å²) in [5.74, 6) is -0.204. The van der Waals surface area contributed by atoms with Gasteiger partial charge in [0.15, 0.2) is 17.5 Å². The predicted octanol–water partition coefficient (Wildman–Crippen LogP) is 3.77. The highest BCUT2D eigenvalue weighted by atomic mass is 19.1. The van der Waals surface area contributed by atoms with Crippen LogP contribution in [-0.2, 0) is 16.1 Å². The molecule has 1 saturated carbocycles. The summed E-state index contributed by atoms with van der Waals surface area (Å²) in [5.41, 5.74) is 2.23. The van der Waals surface area contributed by atoms with E-state index in [2.05, 4.69) is 36.4 Å². The number of pyridine rings is 1. The van der Waals surface area contributed by atoms with Gasteiger partial charge in [-0.3, -0.25) is 14.7 Å². The largest absolute Gasteiger partial charge is 0.363 e. The van der Waals surface area contributed by atoms with E-state index in [1.165, 1.54) is 18.2 Å². The van der Waals surface area contributed by atoms with Crippen LogP contribution in [0.25, 0.3) is 0 Å². The summed E-state index contributed by atoms with van der Waals surface area (Å²) in [6, 6.07) is 8.30. The molecule has 11 heteroatoms. The third-order valence-corrected chi connectivity index (χ3v) is 6.40. The molecule has 0 spiro atoms. The highest BCUT2D eigenvalue weighted by Gasteiger charge is 2.28. The number of halogens is 2. The van der Waals surface area contributed by atoms with Crippen LogP contribution in [-0.4, -0.2) is 33.0 Å². The molecular formula is C25H27F2N7O2. The van der Waals surface area contributed by atoms with Gasteiger partial charge in [0.25, 0.3) is 0 Å². The Kier molecular flexibility index (Phi) is 6.53. The van der Waals surface area contributed by atoms with Gasteiger partial charge >= 0.3 is 0 Å². The van der Waals surface area contributed by atoms with Crippen LogP contribution in [0.15, 0.2) is 36.4 Å². The summed E-state index contributed by atoms with van der Waals surface area (Å²) in [5, 5.41) is 18.7. The molecule has 2 amide bonds. The standard InChI is InChI=1S/C25H27F2N7O2/c1-13(14-4-6-17(26)7-5-14)29-23-16(12-28-25(36)19-8-9-22(35)30-19)10-18(27)24(32-23)31-21-11-20(33-34-21)15-2-3-15/h4-7,10-11,13,15,19H,2-3,8-9,12H2,1H3,(H,28,36)(H,30,35)(H3,29,31,32,33,34)/t13-,19-/m0/s1. The van der Waals surface area contributed by atoms with Gasteiger partial charge < -0.3 is 21.3 Å². The average molecular weight is 496 g/mol. The van der Waals surface area contributed by atoms with Crippen molar-refractivity contribution in [2.75, 3.05) is 10.6 Å². The molecule has 1 saturated heterocycles. The van der Waals surface area contributed by atoms with Crippen LogP contribution >= 0.6 is 0 Å². The van der Waals surface area contributed by atoms with Gasteiger partial charge in [-0.05, 0) is 49.9 Å². The summed E-state index contributed by atoms with van der Waals surface area (Å²) in [7, 11) is 0. The minimum atomic E-state index is -0.607. The van der Waals surface area contributed by atoms with Crippen LogP contribution in [0, 0.1) is 11.6 Å². The first-order valence-electron chi connectivity index (χ1n) is 12.0. The van der Waals surface area contributed by atoms with Gasteiger partial charge in [-0.1, -0.05) is 12.1 Å². The van der Waals surface area contributed by atoms with E-state index in [1.807, 2.05) is 13.0 Å². The van der Waals surface area contributed by atoms with E-state index >= 15 is 4.39 Å². The number of nitrogens with zero attached hydrogens (tertiary/aromatic N) is 2. The molecule has 2 atom stereocenters. The van der Waals surface area contributed by atoms with Crippen molar-refractivity contribution in [3.8, 4) is 0 Å². The predicted molar refractivity (Wildman–Crippen MR) is 129 cm³/mol. The zero-order valence-corrected chi connectivity index (χ0v) is 19.7. The summed E-state index contributed by atoms with van der Waals surface area (Å²) in [6.07, 6.45) is 2.93. The molecule has 2 aromatic heterocycles. The molecule has 5 rings (SSSR count). The summed E-state index contributed by atoms with van der Waals surface area (Å²) >= 11 is 0. The zero-order valence-electron chi connectivity index (χ0n) is 19.7. The van der Waals surface area contributed by atoms with Crippen LogP contribution in [0.2, 0.25) is 0 Å². The molecule has 36 heavy (non-hydrogen) atoms. The molecule has 1 aliphatic carbocycles. The third-order valence-electron chi connectivity index (χ3n) is 6.40. The maximum absolute atomic E-state index is 15.1. The van der Waals surface area contributed by atoms with Crippen LogP contribution in [0.3, 0.4) is 0 Å². The molecule has 3 aromatic rings. The van der Waals surface area contributed by atoms with Gasteiger partial charge in [0.05, 0.1) is 0 Å². The quantitative estimate of drug-likeness (QED) is 0.308. The lowest BCUT2D eigenvalue weighted by molar-refractivity contribution is -0.125. The van der Waals surface area contributed by atoms with Crippen molar-refractivity contribution >= 4 is 29.3 Å². The Morgan fingerprint density at radius 2 is 1.92 bits per heavy atom. The van der Waals surface area contributed by atoms with E-state index in [1.54, 1.807) is 12.1 Å². The minimum Gasteiger partial charge on any atom is -0.363 e. The van der Waals surface area contributed by atoms with Crippen LogP contribution in [0.1, 0.15) is 61.4 Å². The van der Waals surface area contributed by atoms with Crippen molar-refractivity contribution in [3.05, 3.63) is 64.9 Å². The van der Waals surface area contributed by atoms with E-state index < -0.39 is 11.9 Å². The average Bonchev–Trinajstić information content (AvgIpc) is 3.45. The number of amides is 2. The van der Waals surface area contributed by atoms with Crippen LogP contribution < -0.4 is 21.3 Å². The van der Waals surface area contributed by atoms with Crippen LogP contribution in [0.5, 0.6) is 0 Å². The molecule has 188 valence electrons. The van der Waals surface area contributed by atoms with Crippen molar-refractivity contribution in [2.24, 2.45) is 0 Å². The molecule has 0 radical (unpaired) electrons. The fourth-order valence-electron chi connectivity index (χ4n) is 4.16. The number of carbonyl (C=O) groups excluding carboxylic acids is 2. The highest BCUT2D eigenvalue weighted by Crippen LogP contribution is 2.39. The van der Waals surface area contributed by atoms with Crippen molar-refractivity contribution in [3.63, 3.8) is 0 Å². The summed E-state index contributed by atoms with van der Waals surface area (Å²) in [6.45, 7) is 1.87. The van der Waals surface area contributed by atoms with Crippen molar-refractivity contribution in [1.29, 1.82) is 0 Å². The molecular weight excluding hydrogens is 468 g/mol. The Morgan fingerprint density at radius 3 is 2.61 bits per heavy atom. The number of aromatic nitrogens is 3. The first-order valence-corrected chi connectivity index (χ1v) is 12.0. The molecule has 3 heterocycles. The smallest absolute Gasteiger partial charge is 0.242 e. The number of nitrogens with one attached hydrogen (secondary N) is 5. The first-order chi connectivity index (χ1) is 17.4. The van der Waals surface area contributed by atoms with E-state index in [0.717, 1.165) is 24.1 Å². The maximum atomic E-state index is 15.1. The summed E-state index contributed by atoms with van der Waals surface area (Å²) < 4.78 is 28.4. The summed E-state index contributed by atoms with van der Waals surface area (Å²) in [4.78, 5) is 28.4. The fourth-order valence-corrected chi connectivity index (χ4v) is 4.16. The second-order valence-corrected chi connectivity index (χ2v) is 9.23. The Morgan fingerprint density at radius 1 is 1.14 bits per heavy atom. The Balaban J connectivity index is 1.37. The second kappa shape index (κ2) is 9.92. The van der Waals surface area contributed by atoms with E-state index in [0.29, 0.717) is 36.0 Å².